The van der Waals surface area contributed by atoms with Gasteiger partial charge in [-0.05, 0) is 25.1 Å². The Hall–Kier alpha value is -3.87. The molecule has 0 aliphatic carbocycles. The van der Waals surface area contributed by atoms with E-state index in [2.05, 4.69) is 9.88 Å². The van der Waals surface area contributed by atoms with Crippen molar-refractivity contribution in [1.82, 2.24) is 9.88 Å². The van der Waals surface area contributed by atoms with Gasteiger partial charge in [0.1, 0.15) is 22.9 Å². The smallest absolute Gasteiger partial charge is 0.308 e. The Labute approximate surface area is 185 Å². The topological polar surface area (TPSA) is 75.9 Å². The molecule has 1 amide bonds. The maximum atomic E-state index is 13.5. The van der Waals surface area contributed by atoms with E-state index < -0.39 is 5.97 Å². The van der Waals surface area contributed by atoms with Crippen molar-refractivity contribution < 1.29 is 18.7 Å². The lowest BCUT2D eigenvalue weighted by Gasteiger charge is -2.35. The summed E-state index contributed by atoms with van der Waals surface area (Å²) in [6, 6.07) is 15.1. The number of hydrogen-bond donors (Lipinski definition) is 0. The second-order valence-electron chi connectivity index (χ2n) is 7.89. The summed E-state index contributed by atoms with van der Waals surface area (Å²) in [5.41, 5.74) is 1.15. The van der Waals surface area contributed by atoms with Crippen LogP contribution in [-0.2, 0) is 4.79 Å². The molecular weight excluding hydrogens is 406 g/mol. The number of ether oxygens (including phenoxy) is 1. The van der Waals surface area contributed by atoms with Crippen LogP contribution in [0.15, 0.2) is 59.1 Å². The molecule has 0 saturated carbocycles. The molecule has 7 nitrogen and oxygen atoms in total. The van der Waals surface area contributed by atoms with E-state index in [0.717, 1.165) is 16.6 Å². The van der Waals surface area contributed by atoms with Gasteiger partial charge >= 0.3 is 5.97 Å². The van der Waals surface area contributed by atoms with Crippen LogP contribution >= 0.6 is 0 Å². The molecule has 0 radical (unpaired) electrons. The van der Waals surface area contributed by atoms with E-state index in [0.29, 0.717) is 54.2 Å². The highest BCUT2D eigenvalue weighted by Crippen LogP contribution is 2.38. The van der Waals surface area contributed by atoms with Crippen LogP contribution in [-0.4, -0.2) is 47.9 Å². The quantitative estimate of drug-likeness (QED) is 0.359. The standard InChI is InChI=1S/C25H23N3O4/c1-16-23(25(30)28-13-11-27(12-14-28)22-9-5-6-10-26-22)20-15-21(32-17(2)29)18-7-3-4-8-19(18)24(20)31-16/h3-10,15H,11-14H2,1-2H3. The first kappa shape index (κ1) is 20.1. The third kappa shape index (κ3) is 3.45. The van der Waals surface area contributed by atoms with Crippen LogP contribution < -0.4 is 9.64 Å². The first-order valence-corrected chi connectivity index (χ1v) is 10.6. The summed E-state index contributed by atoms with van der Waals surface area (Å²) in [7, 11) is 0. The first-order valence-electron chi connectivity index (χ1n) is 10.6. The Morgan fingerprint density at radius 3 is 2.38 bits per heavy atom. The van der Waals surface area contributed by atoms with Crippen LogP contribution in [0.1, 0.15) is 23.0 Å². The van der Waals surface area contributed by atoms with Gasteiger partial charge in [0.05, 0.1) is 5.56 Å². The van der Waals surface area contributed by atoms with E-state index in [4.69, 9.17) is 9.15 Å². The van der Waals surface area contributed by atoms with Gasteiger partial charge < -0.3 is 19.0 Å². The van der Waals surface area contributed by atoms with Gasteiger partial charge in [0.25, 0.3) is 5.91 Å². The normalized spacial score (nSPS) is 14.2. The largest absolute Gasteiger partial charge is 0.460 e. The van der Waals surface area contributed by atoms with Crippen LogP contribution in [0, 0.1) is 6.92 Å². The van der Waals surface area contributed by atoms with Crippen LogP contribution in [0.4, 0.5) is 5.82 Å². The minimum absolute atomic E-state index is 0.0778. The Kier molecular flexibility index (Phi) is 5.01. The number of rotatable bonds is 3. The van der Waals surface area contributed by atoms with Gasteiger partial charge in [-0.2, -0.15) is 0 Å². The van der Waals surface area contributed by atoms with Crippen molar-refractivity contribution in [3.05, 3.63) is 66.1 Å². The number of furan rings is 1. The molecule has 0 N–H and O–H groups in total. The number of carbonyl (C=O) groups is 2. The highest BCUT2D eigenvalue weighted by atomic mass is 16.5. The van der Waals surface area contributed by atoms with Crippen molar-refractivity contribution in [3.8, 4) is 5.75 Å². The molecule has 0 unspecified atom stereocenters. The average Bonchev–Trinajstić information content (AvgIpc) is 3.15. The second-order valence-corrected chi connectivity index (χ2v) is 7.89. The number of nitrogens with zero attached hydrogens (tertiary/aromatic N) is 3. The third-order valence-electron chi connectivity index (χ3n) is 5.84. The maximum absolute atomic E-state index is 13.5. The summed E-state index contributed by atoms with van der Waals surface area (Å²) in [5.74, 6) is 1.42. The zero-order valence-electron chi connectivity index (χ0n) is 18.0. The molecule has 0 atom stereocenters. The van der Waals surface area contributed by atoms with Crippen LogP contribution in [0.25, 0.3) is 21.7 Å². The third-order valence-corrected chi connectivity index (χ3v) is 5.84. The molecule has 2 aromatic heterocycles. The number of amides is 1. The van der Waals surface area contributed by atoms with Gasteiger partial charge in [-0.15, -0.1) is 0 Å². The summed E-state index contributed by atoms with van der Waals surface area (Å²) >= 11 is 0. The second kappa shape index (κ2) is 8.00. The molecule has 0 bridgehead atoms. The first-order chi connectivity index (χ1) is 15.5. The van der Waals surface area contributed by atoms with Crippen molar-refractivity contribution >= 4 is 39.4 Å². The number of aromatic nitrogens is 1. The highest BCUT2D eigenvalue weighted by molar-refractivity contribution is 6.16. The van der Waals surface area contributed by atoms with Gasteiger partial charge in [0.15, 0.2) is 0 Å². The summed E-state index contributed by atoms with van der Waals surface area (Å²) in [6.45, 7) is 5.76. The number of esters is 1. The van der Waals surface area contributed by atoms with Crippen molar-refractivity contribution in [1.29, 1.82) is 0 Å². The summed E-state index contributed by atoms with van der Waals surface area (Å²) in [4.78, 5) is 33.6. The van der Waals surface area contributed by atoms with Crippen LogP contribution in [0.3, 0.4) is 0 Å². The van der Waals surface area contributed by atoms with Gasteiger partial charge in [0, 0.05) is 55.5 Å². The van der Waals surface area contributed by atoms with Crippen molar-refractivity contribution in [2.45, 2.75) is 13.8 Å². The molecule has 1 fully saturated rings. The molecule has 1 aliphatic heterocycles. The molecule has 0 spiro atoms. The number of aryl methyl sites for hydroxylation is 1. The zero-order chi connectivity index (χ0) is 22.2. The molecule has 3 heterocycles. The monoisotopic (exact) mass is 429 g/mol. The van der Waals surface area contributed by atoms with Crippen molar-refractivity contribution in [3.63, 3.8) is 0 Å². The molecule has 7 heteroatoms. The summed E-state index contributed by atoms with van der Waals surface area (Å²) in [6.07, 6.45) is 1.78. The van der Waals surface area contributed by atoms with Crippen LogP contribution in [0.2, 0.25) is 0 Å². The number of fused-ring (bicyclic) bond motifs is 3. The van der Waals surface area contributed by atoms with Gasteiger partial charge in [-0.25, -0.2) is 4.98 Å². The average molecular weight is 429 g/mol. The number of benzene rings is 2. The van der Waals surface area contributed by atoms with E-state index in [-0.39, 0.29) is 5.91 Å². The molecule has 1 saturated heterocycles. The fourth-order valence-corrected chi connectivity index (χ4v) is 4.35. The van der Waals surface area contributed by atoms with E-state index in [1.165, 1.54) is 6.92 Å². The number of piperazine rings is 1. The number of hydrogen-bond acceptors (Lipinski definition) is 6. The van der Waals surface area contributed by atoms with E-state index in [1.54, 1.807) is 19.2 Å². The number of carbonyl (C=O) groups excluding carboxylic acids is 2. The van der Waals surface area contributed by atoms with Crippen molar-refractivity contribution in [2.24, 2.45) is 0 Å². The van der Waals surface area contributed by atoms with E-state index in [1.807, 2.05) is 47.4 Å². The minimum atomic E-state index is -0.409. The van der Waals surface area contributed by atoms with Gasteiger partial charge in [-0.3, -0.25) is 9.59 Å². The minimum Gasteiger partial charge on any atom is -0.460 e. The molecule has 1 aliphatic rings. The lowest BCUT2D eigenvalue weighted by molar-refractivity contribution is -0.131. The SMILES string of the molecule is CC(=O)Oc1cc2c(C(=O)N3CCN(c4ccccn4)CC3)c(C)oc2c2ccccc12. The fourth-order valence-electron chi connectivity index (χ4n) is 4.35. The van der Waals surface area contributed by atoms with Gasteiger partial charge in [0.2, 0.25) is 0 Å². The number of pyridine rings is 1. The molecule has 2 aromatic carbocycles. The summed E-state index contributed by atoms with van der Waals surface area (Å²) < 4.78 is 11.5. The zero-order valence-corrected chi connectivity index (χ0v) is 18.0. The molecule has 4 aromatic rings. The molecule has 162 valence electrons. The molecule has 32 heavy (non-hydrogen) atoms. The lowest BCUT2D eigenvalue weighted by atomic mass is 10.0. The lowest BCUT2D eigenvalue weighted by Crippen LogP contribution is -2.49. The van der Waals surface area contributed by atoms with E-state index >= 15 is 0 Å². The Morgan fingerprint density at radius 2 is 1.69 bits per heavy atom. The highest BCUT2D eigenvalue weighted by Gasteiger charge is 2.28. The predicted molar refractivity (Wildman–Crippen MR) is 122 cm³/mol. The maximum Gasteiger partial charge on any atom is 0.308 e. The Bertz CT molecular complexity index is 1320. The fraction of sp³-hybridized carbons (Fsp3) is 0.240. The van der Waals surface area contributed by atoms with E-state index in [9.17, 15) is 9.59 Å². The predicted octanol–water partition coefficient (Wildman–Crippen LogP) is 4.18. The number of anilines is 1. The molecule has 5 rings (SSSR count). The summed E-state index contributed by atoms with van der Waals surface area (Å²) in [5, 5.41) is 2.24. The van der Waals surface area contributed by atoms with Crippen molar-refractivity contribution in [2.75, 3.05) is 31.1 Å². The van der Waals surface area contributed by atoms with Crippen LogP contribution in [0.5, 0.6) is 5.75 Å². The Morgan fingerprint density at radius 1 is 0.969 bits per heavy atom. The van der Waals surface area contributed by atoms with Gasteiger partial charge in [-0.1, -0.05) is 30.3 Å². The Balaban J connectivity index is 1.50. The molecular formula is C25H23N3O4.